The van der Waals surface area contributed by atoms with E-state index in [2.05, 4.69) is 10.6 Å². The Morgan fingerprint density at radius 2 is 1.56 bits per heavy atom. The second-order valence-corrected chi connectivity index (χ2v) is 11.2. The molecule has 2 N–H and O–H groups in total. The van der Waals surface area contributed by atoms with Crippen molar-refractivity contribution in [1.29, 1.82) is 0 Å². The number of halogens is 1. The first-order valence-electron chi connectivity index (χ1n) is 11.9. The molecule has 200 valence electrons. The van der Waals surface area contributed by atoms with Crippen LogP contribution in [0.4, 0.5) is 15.8 Å². The minimum Gasteiger partial charge on any atom is -0.348 e. The summed E-state index contributed by atoms with van der Waals surface area (Å²) in [5.74, 6) is -1.75. The molecule has 39 heavy (non-hydrogen) atoms. The molecule has 0 aliphatic heterocycles. The van der Waals surface area contributed by atoms with Gasteiger partial charge < -0.3 is 10.6 Å². The molecular weight excluding hydrogens is 537 g/mol. The summed E-state index contributed by atoms with van der Waals surface area (Å²) in [6.45, 7) is -0.348. The van der Waals surface area contributed by atoms with E-state index in [4.69, 9.17) is 0 Å². The highest BCUT2D eigenvalue weighted by Crippen LogP contribution is 2.26. The van der Waals surface area contributed by atoms with Crippen molar-refractivity contribution in [2.45, 2.75) is 16.3 Å². The quantitative estimate of drug-likeness (QED) is 0.255. The Morgan fingerprint density at radius 3 is 2.26 bits per heavy atom. The average Bonchev–Trinajstić information content (AvgIpc) is 2.95. The van der Waals surface area contributed by atoms with Gasteiger partial charge in [-0.3, -0.25) is 13.9 Å². The van der Waals surface area contributed by atoms with Crippen LogP contribution in [0.5, 0.6) is 0 Å². The van der Waals surface area contributed by atoms with E-state index in [1.807, 2.05) is 36.6 Å². The standard InChI is InChI=1S/C29H26FN3O4S2/c1-38-24-14-16-25(17-15-24)39(36,37)33(23-11-7-10-22(30)18-23)20-28(34)32-27-13-6-5-12-26(27)29(35)31-19-21-8-3-2-4-9-21/h2-18H,19-20H2,1H3,(H,31,35)(H,32,34). The van der Waals surface area contributed by atoms with Crippen LogP contribution in [0.15, 0.2) is 113 Å². The highest BCUT2D eigenvalue weighted by atomic mass is 32.2. The fourth-order valence-corrected chi connectivity index (χ4v) is 5.63. The number of nitrogens with one attached hydrogen (secondary N) is 2. The van der Waals surface area contributed by atoms with Gasteiger partial charge in [-0.15, -0.1) is 11.8 Å². The van der Waals surface area contributed by atoms with E-state index in [1.54, 1.807) is 36.4 Å². The smallest absolute Gasteiger partial charge is 0.264 e. The van der Waals surface area contributed by atoms with Crippen LogP contribution in [0.25, 0.3) is 0 Å². The Labute approximate surface area is 231 Å². The number of carbonyl (C=O) groups excluding carboxylic acids is 2. The number of carbonyl (C=O) groups is 2. The largest absolute Gasteiger partial charge is 0.348 e. The van der Waals surface area contributed by atoms with E-state index in [1.165, 1.54) is 42.1 Å². The number of hydrogen-bond acceptors (Lipinski definition) is 5. The lowest BCUT2D eigenvalue weighted by Gasteiger charge is -2.24. The van der Waals surface area contributed by atoms with E-state index in [-0.39, 0.29) is 21.8 Å². The third kappa shape index (κ3) is 7.04. The summed E-state index contributed by atoms with van der Waals surface area (Å²) in [6, 6.07) is 27.0. The van der Waals surface area contributed by atoms with Gasteiger partial charge in [-0.25, -0.2) is 12.8 Å². The topological polar surface area (TPSA) is 95.6 Å². The highest BCUT2D eigenvalue weighted by molar-refractivity contribution is 7.98. The summed E-state index contributed by atoms with van der Waals surface area (Å²) in [7, 11) is -4.23. The number of thioether (sulfide) groups is 1. The van der Waals surface area contributed by atoms with Crippen molar-refractivity contribution in [2.75, 3.05) is 22.4 Å². The van der Waals surface area contributed by atoms with Crippen molar-refractivity contribution >= 4 is 45.0 Å². The van der Waals surface area contributed by atoms with Gasteiger partial charge >= 0.3 is 0 Å². The number of rotatable bonds is 10. The van der Waals surface area contributed by atoms with Crippen LogP contribution < -0.4 is 14.9 Å². The monoisotopic (exact) mass is 563 g/mol. The van der Waals surface area contributed by atoms with E-state index in [0.29, 0.717) is 6.54 Å². The lowest BCUT2D eigenvalue weighted by Crippen LogP contribution is -2.38. The van der Waals surface area contributed by atoms with Crippen molar-refractivity contribution in [2.24, 2.45) is 0 Å². The zero-order chi connectivity index (χ0) is 27.8. The molecule has 0 aliphatic rings. The summed E-state index contributed by atoms with van der Waals surface area (Å²) in [6.07, 6.45) is 1.87. The zero-order valence-corrected chi connectivity index (χ0v) is 22.6. The number of hydrogen-bond donors (Lipinski definition) is 2. The summed E-state index contributed by atoms with van der Waals surface area (Å²) in [4.78, 5) is 26.9. The van der Waals surface area contributed by atoms with Crippen molar-refractivity contribution < 1.29 is 22.4 Å². The Hall–Kier alpha value is -4.15. The van der Waals surface area contributed by atoms with Gasteiger partial charge in [0.2, 0.25) is 5.91 Å². The Kier molecular flexibility index (Phi) is 9.00. The maximum Gasteiger partial charge on any atom is 0.264 e. The molecular formula is C29H26FN3O4S2. The van der Waals surface area contributed by atoms with Crippen LogP contribution in [0, 0.1) is 5.82 Å². The third-order valence-electron chi connectivity index (χ3n) is 5.77. The Balaban J connectivity index is 1.57. The predicted molar refractivity (Wildman–Crippen MR) is 152 cm³/mol. The fraction of sp³-hybridized carbons (Fsp3) is 0.103. The van der Waals surface area contributed by atoms with Crippen LogP contribution >= 0.6 is 11.8 Å². The van der Waals surface area contributed by atoms with Gasteiger partial charge in [0, 0.05) is 11.4 Å². The van der Waals surface area contributed by atoms with E-state index < -0.39 is 34.2 Å². The lowest BCUT2D eigenvalue weighted by molar-refractivity contribution is -0.114. The normalized spacial score (nSPS) is 11.0. The van der Waals surface area contributed by atoms with Gasteiger partial charge in [0.05, 0.1) is 21.8 Å². The predicted octanol–water partition coefficient (Wildman–Crippen LogP) is 5.31. The van der Waals surface area contributed by atoms with Crippen LogP contribution in [0.1, 0.15) is 15.9 Å². The molecule has 0 spiro atoms. The van der Waals surface area contributed by atoms with Gasteiger partial charge in [-0.05, 0) is 66.4 Å². The zero-order valence-electron chi connectivity index (χ0n) is 21.0. The second kappa shape index (κ2) is 12.6. The Bertz CT molecular complexity index is 1560. The Morgan fingerprint density at radius 1 is 0.872 bits per heavy atom. The maximum absolute atomic E-state index is 14.1. The van der Waals surface area contributed by atoms with Crippen LogP contribution in [0.2, 0.25) is 0 Å². The fourth-order valence-electron chi connectivity index (χ4n) is 3.80. The minimum atomic E-state index is -4.23. The minimum absolute atomic E-state index is 0.00650. The second-order valence-electron chi connectivity index (χ2n) is 8.43. The summed E-state index contributed by atoms with van der Waals surface area (Å²) in [5, 5.41) is 5.46. The van der Waals surface area contributed by atoms with E-state index >= 15 is 0 Å². The SMILES string of the molecule is CSc1ccc(S(=O)(=O)N(CC(=O)Nc2ccccc2C(=O)NCc2ccccc2)c2cccc(F)c2)cc1. The molecule has 0 radical (unpaired) electrons. The molecule has 7 nitrogen and oxygen atoms in total. The number of nitrogens with zero attached hydrogens (tertiary/aromatic N) is 1. The van der Waals surface area contributed by atoms with Crippen molar-refractivity contribution in [3.63, 3.8) is 0 Å². The van der Waals surface area contributed by atoms with Gasteiger partial charge in [0.1, 0.15) is 12.4 Å². The molecule has 0 saturated heterocycles. The van der Waals surface area contributed by atoms with Crippen LogP contribution in [0.3, 0.4) is 0 Å². The average molecular weight is 564 g/mol. The lowest BCUT2D eigenvalue weighted by atomic mass is 10.1. The van der Waals surface area contributed by atoms with E-state index in [0.717, 1.165) is 20.8 Å². The number of anilines is 2. The number of amides is 2. The van der Waals surface area contributed by atoms with Gasteiger partial charge in [0.15, 0.2) is 0 Å². The first-order chi connectivity index (χ1) is 18.8. The van der Waals surface area contributed by atoms with E-state index in [9.17, 15) is 22.4 Å². The van der Waals surface area contributed by atoms with Gasteiger partial charge in [0.25, 0.3) is 15.9 Å². The summed E-state index contributed by atoms with van der Waals surface area (Å²) >= 11 is 1.46. The molecule has 10 heteroatoms. The molecule has 0 heterocycles. The molecule has 4 aromatic carbocycles. The van der Waals surface area contributed by atoms with Crippen molar-refractivity contribution in [3.8, 4) is 0 Å². The molecule has 0 aromatic heterocycles. The first-order valence-corrected chi connectivity index (χ1v) is 14.6. The molecule has 0 aliphatic carbocycles. The first kappa shape index (κ1) is 27.9. The number of sulfonamides is 1. The molecule has 4 aromatic rings. The van der Waals surface area contributed by atoms with Crippen LogP contribution in [-0.2, 0) is 21.4 Å². The number of para-hydroxylation sites is 1. The molecule has 0 fully saturated rings. The molecule has 2 amide bonds. The molecule has 0 atom stereocenters. The number of benzene rings is 4. The summed E-state index contributed by atoms with van der Waals surface area (Å²) in [5.41, 5.74) is 1.34. The highest BCUT2D eigenvalue weighted by Gasteiger charge is 2.28. The van der Waals surface area contributed by atoms with Crippen molar-refractivity contribution in [3.05, 3.63) is 120 Å². The van der Waals surface area contributed by atoms with Crippen molar-refractivity contribution in [1.82, 2.24) is 5.32 Å². The molecule has 0 saturated carbocycles. The molecule has 0 bridgehead atoms. The van der Waals surface area contributed by atoms with Gasteiger partial charge in [-0.2, -0.15) is 0 Å². The third-order valence-corrected chi connectivity index (χ3v) is 8.30. The maximum atomic E-state index is 14.1. The molecule has 4 rings (SSSR count). The van der Waals surface area contributed by atoms with Crippen LogP contribution in [-0.4, -0.2) is 33.0 Å². The summed E-state index contributed by atoms with van der Waals surface area (Å²) < 4.78 is 42.1. The molecule has 0 unspecified atom stereocenters. The van der Waals surface area contributed by atoms with Gasteiger partial charge in [-0.1, -0.05) is 48.5 Å².